The van der Waals surface area contributed by atoms with Gasteiger partial charge in [0.15, 0.2) is 5.84 Å². The zero-order valence-electron chi connectivity index (χ0n) is 8.80. The van der Waals surface area contributed by atoms with E-state index in [-0.39, 0.29) is 0 Å². The van der Waals surface area contributed by atoms with Crippen molar-refractivity contribution in [3.8, 4) is 0 Å². The number of hydrogen-bond acceptors (Lipinski definition) is 2. The van der Waals surface area contributed by atoms with E-state index in [1.165, 1.54) is 6.20 Å². The van der Waals surface area contributed by atoms with E-state index in [9.17, 15) is 0 Å². The Morgan fingerprint density at radius 3 is 2.88 bits per heavy atom. The van der Waals surface area contributed by atoms with Crippen LogP contribution in [0.5, 0.6) is 0 Å². The Bertz CT molecular complexity index is 565. The number of aliphatic imine (C=N–C) groups is 2. The Morgan fingerprint density at radius 1 is 1.25 bits per heavy atom. The van der Waals surface area contributed by atoms with E-state index >= 15 is 0 Å². The third kappa shape index (κ3) is 1.75. The van der Waals surface area contributed by atoms with Crippen LogP contribution in [-0.4, -0.2) is 17.5 Å². The molecule has 0 bridgehead atoms. The van der Waals surface area contributed by atoms with Gasteiger partial charge in [-0.15, -0.1) is 0 Å². The van der Waals surface area contributed by atoms with Crippen molar-refractivity contribution in [1.29, 1.82) is 0 Å². The third-order valence-corrected chi connectivity index (χ3v) is 2.25. The Morgan fingerprint density at radius 2 is 2.12 bits per heavy atom. The molecule has 0 fully saturated rings. The van der Waals surface area contributed by atoms with Gasteiger partial charge in [-0.3, -0.25) is 4.98 Å². The summed E-state index contributed by atoms with van der Waals surface area (Å²) in [6.45, 7) is 7.08. The molecule has 78 valence electrons. The number of aromatic nitrogens is 1. The Balaban J connectivity index is 2.73. The Hall–Kier alpha value is -2.29. The molecule has 0 amide bonds. The average molecular weight is 209 g/mol. The number of amidine groups is 1. The molecule has 0 spiro atoms. The van der Waals surface area contributed by atoms with Crippen LogP contribution in [0, 0.1) is 0 Å². The van der Waals surface area contributed by atoms with E-state index in [2.05, 4.69) is 28.3 Å². The lowest BCUT2D eigenvalue weighted by Gasteiger charge is -2.04. The summed E-state index contributed by atoms with van der Waals surface area (Å²) in [6, 6.07) is 9.70. The molecule has 1 aromatic carbocycles. The van der Waals surface area contributed by atoms with Gasteiger partial charge >= 0.3 is 0 Å². The molecule has 0 N–H and O–H groups in total. The molecule has 0 radical (unpaired) electrons. The molecule has 0 saturated heterocycles. The van der Waals surface area contributed by atoms with Crippen molar-refractivity contribution >= 4 is 23.5 Å². The summed E-state index contributed by atoms with van der Waals surface area (Å²) in [4.78, 5) is 12.3. The lowest BCUT2D eigenvalue weighted by atomic mass is 10.1. The first kappa shape index (κ1) is 10.2. The quantitative estimate of drug-likeness (QED) is 0.553. The molecule has 0 aliphatic heterocycles. The molecule has 0 saturated carbocycles. The van der Waals surface area contributed by atoms with Crippen molar-refractivity contribution in [2.24, 2.45) is 9.98 Å². The maximum atomic E-state index is 4.28. The van der Waals surface area contributed by atoms with Gasteiger partial charge in [-0.25, -0.2) is 9.98 Å². The number of hydrogen-bond donors (Lipinski definition) is 0. The van der Waals surface area contributed by atoms with Crippen LogP contribution in [0.2, 0.25) is 0 Å². The second kappa shape index (κ2) is 4.49. The highest BCUT2D eigenvalue weighted by molar-refractivity contribution is 6.10. The van der Waals surface area contributed by atoms with E-state index in [4.69, 9.17) is 0 Å². The van der Waals surface area contributed by atoms with E-state index in [1.807, 2.05) is 30.3 Å². The van der Waals surface area contributed by atoms with Crippen molar-refractivity contribution in [2.45, 2.75) is 0 Å². The predicted molar refractivity (Wildman–Crippen MR) is 68.0 cm³/mol. The van der Waals surface area contributed by atoms with Gasteiger partial charge in [-0.2, -0.15) is 0 Å². The third-order valence-electron chi connectivity index (χ3n) is 2.25. The summed E-state index contributed by atoms with van der Waals surface area (Å²) in [6.07, 6.45) is 3.22. The molecule has 0 unspecified atom stereocenters. The van der Waals surface area contributed by atoms with Gasteiger partial charge < -0.3 is 0 Å². The molecule has 0 aliphatic carbocycles. The fourth-order valence-corrected chi connectivity index (χ4v) is 1.58. The largest absolute Gasteiger partial charge is 0.256 e. The van der Waals surface area contributed by atoms with Crippen molar-refractivity contribution in [3.63, 3.8) is 0 Å². The molecular formula is C13H11N3. The maximum absolute atomic E-state index is 4.28. The summed E-state index contributed by atoms with van der Waals surface area (Å²) in [5, 5.41) is 1.01. The highest BCUT2D eigenvalue weighted by atomic mass is 14.9. The fourth-order valence-electron chi connectivity index (χ4n) is 1.58. The minimum Gasteiger partial charge on any atom is -0.256 e. The molecule has 1 aromatic heterocycles. The van der Waals surface area contributed by atoms with Gasteiger partial charge in [0, 0.05) is 23.3 Å². The molecule has 0 atom stereocenters. The number of fused-ring (bicyclic) bond motifs is 1. The van der Waals surface area contributed by atoms with Gasteiger partial charge in [0.05, 0.1) is 5.52 Å². The first-order valence-corrected chi connectivity index (χ1v) is 4.86. The molecule has 0 aliphatic rings. The number of benzene rings is 1. The van der Waals surface area contributed by atoms with Crippen LogP contribution < -0.4 is 0 Å². The zero-order valence-corrected chi connectivity index (χ0v) is 8.80. The Kier molecular flexibility index (Phi) is 2.87. The zero-order chi connectivity index (χ0) is 11.4. The van der Waals surface area contributed by atoms with E-state index < -0.39 is 0 Å². The molecule has 16 heavy (non-hydrogen) atoms. The number of rotatable bonds is 2. The minimum absolute atomic E-state index is 0.564. The highest BCUT2D eigenvalue weighted by Gasteiger charge is 2.05. The molecule has 1 heterocycles. The highest BCUT2D eigenvalue weighted by Crippen LogP contribution is 2.17. The van der Waals surface area contributed by atoms with E-state index in [0.717, 1.165) is 16.5 Å². The first-order chi connectivity index (χ1) is 7.86. The predicted octanol–water partition coefficient (Wildman–Crippen LogP) is 2.83. The van der Waals surface area contributed by atoms with Crippen LogP contribution in [0.4, 0.5) is 0 Å². The van der Waals surface area contributed by atoms with Crippen molar-refractivity contribution in [2.75, 3.05) is 0 Å². The van der Waals surface area contributed by atoms with Crippen molar-refractivity contribution in [1.82, 2.24) is 4.98 Å². The number of nitrogens with zero attached hydrogens (tertiary/aromatic N) is 3. The minimum atomic E-state index is 0.564. The SMILES string of the molecule is C=CN=C(N=C)c1cccc2ncccc12. The topological polar surface area (TPSA) is 37.6 Å². The fraction of sp³-hybridized carbons (Fsp3) is 0. The standard InChI is InChI=1S/C13H11N3/c1-3-15-13(14-2)11-6-4-8-12-10(11)7-5-9-16-12/h3-9H,1-2H2. The summed E-state index contributed by atoms with van der Waals surface area (Å²) in [7, 11) is 0. The summed E-state index contributed by atoms with van der Waals surface area (Å²) in [5.41, 5.74) is 1.83. The average Bonchev–Trinajstić information content (AvgIpc) is 2.35. The van der Waals surface area contributed by atoms with Crippen LogP contribution in [-0.2, 0) is 0 Å². The monoisotopic (exact) mass is 209 g/mol. The number of pyridine rings is 1. The van der Waals surface area contributed by atoms with E-state index in [1.54, 1.807) is 6.20 Å². The lowest BCUT2D eigenvalue weighted by molar-refractivity contribution is 1.40. The van der Waals surface area contributed by atoms with Crippen LogP contribution in [0.15, 0.2) is 59.3 Å². The van der Waals surface area contributed by atoms with Crippen molar-refractivity contribution < 1.29 is 0 Å². The Labute approximate surface area is 93.9 Å². The van der Waals surface area contributed by atoms with Gasteiger partial charge in [0.1, 0.15) is 0 Å². The van der Waals surface area contributed by atoms with E-state index in [0.29, 0.717) is 5.84 Å². The van der Waals surface area contributed by atoms with Crippen LogP contribution in [0.1, 0.15) is 5.56 Å². The smallest absolute Gasteiger partial charge is 0.159 e. The van der Waals surface area contributed by atoms with Gasteiger partial charge in [-0.1, -0.05) is 24.8 Å². The molecule has 3 nitrogen and oxygen atoms in total. The lowest BCUT2D eigenvalue weighted by Crippen LogP contribution is -1.97. The van der Waals surface area contributed by atoms with Gasteiger partial charge in [0.2, 0.25) is 0 Å². The second-order valence-corrected chi connectivity index (χ2v) is 3.17. The molecular weight excluding hydrogens is 198 g/mol. The molecule has 2 aromatic rings. The summed E-state index contributed by atoms with van der Waals surface area (Å²) >= 11 is 0. The van der Waals surface area contributed by atoms with Crippen LogP contribution in [0.25, 0.3) is 10.9 Å². The van der Waals surface area contributed by atoms with Crippen LogP contribution in [0.3, 0.4) is 0 Å². The molecule has 3 heteroatoms. The molecule has 2 rings (SSSR count). The van der Waals surface area contributed by atoms with Crippen molar-refractivity contribution in [3.05, 3.63) is 54.9 Å². The second-order valence-electron chi connectivity index (χ2n) is 3.17. The van der Waals surface area contributed by atoms with Crippen LogP contribution >= 0.6 is 0 Å². The van der Waals surface area contributed by atoms with Gasteiger partial charge in [-0.05, 0) is 18.9 Å². The normalized spacial score (nSPS) is 11.4. The summed E-state index contributed by atoms with van der Waals surface area (Å²) in [5.74, 6) is 0.564. The maximum Gasteiger partial charge on any atom is 0.159 e. The van der Waals surface area contributed by atoms with Gasteiger partial charge in [0.25, 0.3) is 0 Å². The summed E-state index contributed by atoms with van der Waals surface area (Å²) < 4.78 is 0. The first-order valence-electron chi connectivity index (χ1n) is 4.86.